The highest BCUT2D eigenvalue weighted by Crippen LogP contribution is 2.29. The first kappa shape index (κ1) is 17.6. The van der Waals surface area contributed by atoms with Gasteiger partial charge < -0.3 is 15.2 Å². The summed E-state index contributed by atoms with van der Waals surface area (Å²) in [6.45, 7) is -0.182. The number of pyridine rings is 1. The highest BCUT2D eigenvalue weighted by molar-refractivity contribution is 5.96. The lowest BCUT2D eigenvalue weighted by Gasteiger charge is -2.17. The van der Waals surface area contributed by atoms with Crippen LogP contribution < -0.4 is 10.1 Å². The molecule has 2 aromatic carbocycles. The van der Waals surface area contributed by atoms with Crippen molar-refractivity contribution in [2.24, 2.45) is 0 Å². The van der Waals surface area contributed by atoms with E-state index < -0.39 is 6.04 Å². The maximum Gasteiger partial charge on any atom is 0.251 e. The average molecular weight is 348 g/mol. The van der Waals surface area contributed by atoms with Crippen LogP contribution in [0.1, 0.15) is 22.0 Å². The average Bonchev–Trinajstić information content (AvgIpc) is 2.72. The van der Waals surface area contributed by atoms with Crippen molar-refractivity contribution in [1.82, 2.24) is 10.3 Å². The van der Waals surface area contributed by atoms with Crippen LogP contribution in [0, 0.1) is 0 Å². The number of carbonyl (C=O) groups excluding carboxylic acids is 1. The summed E-state index contributed by atoms with van der Waals surface area (Å²) in [6, 6.07) is 19.7. The van der Waals surface area contributed by atoms with Gasteiger partial charge in [0.1, 0.15) is 5.75 Å². The number of benzene rings is 2. The van der Waals surface area contributed by atoms with Gasteiger partial charge in [-0.2, -0.15) is 0 Å². The number of nitrogens with zero attached hydrogens (tertiary/aromatic N) is 1. The Bertz CT molecular complexity index is 867. The van der Waals surface area contributed by atoms with Crippen LogP contribution in [0.4, 0.5) is 0 Å². The van der Waals surface area contributed by atoms with Crippen molar-refractivity contribution in [1.29, 1.82) is 0 Å². The molecule has 132 valence electrons. The number of hydrogen-bond acceptors (Lipinski definition) is 4. The summed E-state index contributed by atoms with van der Waals surface area (Å²) in [7, 11) is 1.58. The molecule has 26 heavy (non-hydrogen) atoms. The van der Waals surface area contributed by atoms with Crippen LogP contribution in [0.25, 0.3) is 11.3 Å². The van der Waals surface area contributed by atoms with Gasteiger partial charge in [-0.3, -0.25) is 9.78 Å². The van der Waals surface area contributed by atoms with Gasteiger partial charge in [0, 0.05) is 17.3 Å². The number of rotatable bonds is 6. The van der Waals surface area contributed by atoms with Crippen LogP contribution in [0.2, 0.25) is 0 Å². The van der Waals surface area contributed by atoms with Gasteiger partial charge in [0.15, 0.2) is 0 Å². The summed E-state index contributed by atoms with van der Waals surface area (Å²) in [6.07, 6.45) is 1.69. The summed E-state index contributed by atoms with van der Waals surface area (Å²) in [5.74, 6) is 0.370. The smallest absolute Gasteiger partial charge is 0.251 e. The van der Waals surface area contributed by atoms with E-state index in [9.17, 15) is 9.90 Å². The van der Waals surface area contributed by atoms with E-state index in [4.69, 9.17) is 4.74 Å². The Hall–Kier alpha value is -3.18. The van der Waals surface area contributed by atoms with Crippen LogP contribution >= 0.6 is 0 Å². The molecule has 2 N–H and O–H groups in total. The number of carbonyl (C=O) groups is 1. The van der Waals surface area contributed by atoms with E-state index in [0.29, 0.717) is 11.3 Å². The van der Waals surface area contributed by atoms with E-state index in [-0.39, 0.29) is 12.5 Å². The fourth-order valence-electron chi connectivity index (χ4n) is 2.73. The number of aromatic nitrogens is 1. The van der Waals surface area contributed by atoms with Crippen molar-refractivity contribution in [2.45, 2.75) is 6.04 Å². The number of aliphatic hydroxyl groups is 1. The lowest BCUT2D eigenvalue weighted by Crippen LogP contribution is -2.30. The standard InChI is InChI=1S/C21H20N2O3/c1-26-20-11-10-16(13-17(20)18-9-5-6-12-22-18)21(25)23-19(14-24)15-7-3-2-4-8-15/h2-13,19,24H,14H2,1H3,(H,23,25)/t19-/m1/s1. The van der Waals surface area contributed by atoms with E-state index in [2.05, 4.69) is 10.3 Å². The molecule has 0 saturated carbocycles. The lowest BCUT2D eigenvalue weighted by atomic mass is 10.0. The molecule has 0 aliphatic carbocycles. The minimum atomic E-state index is -0.468. The molecule has 0 saturated heterocycles. The maximum atomic E-state index is 12.7. The van der Waals surface area contributed by atoms with E-state index >= 15 is 0 Å². The lowest BCUT2D eigenvalue weighted by molar-refractivity contribution is 0.0916. The molecule has 0 spiro atoms. The molecule has 1 aromatic heterocycles. The zero-order valence-electron chi connectivity index (χ0n) is 14.4. The molecule has 5 heteroatoms. The van der Waals surface area contributed by atoms with Gasteiger partial charge >= 0.3 is 0 Å². The number of hydrogen-bond donors (Lipinski definition) is 2. The van der Waals surface area contributed by atoms with Crippen LogP contribution in [-0.4, -0.2) is 29.7 Å². The van der Waals surface area contributed by atoms with Gasteiger partial charge in [-0.05, 0) is 35.9 Å². The van der Waals surface area contributed by atoms with Crippen molar-refractivity contribution in [3.8, 4) is 17.0 Å². The Morgan fingerprint density at radius 2 is 1.88 bits per heavy atom. The monoisotopic (exact) mass is 348 g/mol. The second-order valence-electron chi connectivity index (χ2n) is 5.75. The minimum Gasteiger partial charge on any atom is -0.496 e. The third-order valence-electron chi connectivity index (χ3n) is 4.09. The first-order valence-electron chi connectivity index (χ1n) is 8.29. The Kier molecular flexibility index (Phi) is 5.61. The molecule has 0 aliphatic rings. The molecule has 1 amide bonds. The van der Waals surface area contributed by atoms with Gasteiger partial charge in [-0.15, -0.1) is 0 Å². The second-order valence-corrected chi connectivity index (χ2v) is 5.75. The number of nitrogens with one attached hydrogen (secondary N) is 1. The third-order valence-corrected chi connectivity index (χ3v) is 4.09. The highest BCUT2D eigenvalue weighted by atomic mass is 16.5. The molecule has 5 nitrogen and oxygen atoms in total. The van der Waals surface area contributed by atoms with Crippen molar-refractivity contribution in [3.05, 3.63) is 84.1 Å². The van der Waals surface area contributed by atoms with Crippen LogP contribution in [0.3, 0.4) is 0 Å². The topological polar surface area (TPSA) is 71.5 Å². The molecule has 0 fully saturated rings. The van der Waals surface area contributed by atoms with E-state index in [1.54, 1.807) is 31.5 Å². The predicted octanol–water partition coefficient (Wildman–Crippen LogP) is 3.22. The third kappa shape index (κ3) is 3.90. The fourth-order valence-corrected chi connectivity index (χ4v) is 2.73. The number of amides is 1. The quantitative estimate of drug-likeness (QED) is 0.717. The number of ether oxygens (including phenoxy) is 1. The van der Waals surface area contributed by atoms with Gasteiger partial charge in [0.25, 0.3) is 5.91 Å². The van der Waals surface area contributed by atoms with Gasteiger partial charge in [0.2, 0.25) is 0 Å². The highest BCUT2D eigenvalue weighted by Gasteiger charge is 2.17. The summed E-state index contributed by atoms with van der Waals surface area (Å²) in [4.78, 5) is 17.0. The predicted molar refractivity (Wildman–Crippen MR) is 100.0 cm³/mol. The molecule has 1 heterocycles. The summed E-state index contributed by atoms with van der Waals surface area (Å²) in [5.41, 5.74) is 2.78. The number of aliphatic hydroxyl groups excluding tert-OH is 1. The van der Waals surface area contributed by atoms with Crippen LogP contribution in [0.15, 0.2) is 72.9 Å². The molecule has 0 aliphatic heterocycles. The van der Waals surface area contributed by atoms with Gasteiger partial charge in [-0.25, -0.2) is 0 Å². The normalized spacial score (nSPS) is 11.6. The molecular formula is C21H20N2O3. The van der Waals surface area contributed by atoms with E-state index in [1.807, 2.05) is 48.5 Å². The SMILES string of the molecule is COc1ccc(C(=O)N[C@H](CO)c2ccccc2)cc1-c1ccccn1. The van der Waals surface area contributed by atoms with Crippen molar-refractivity contribution < 1.29 is 14.6 Å². The van der Waals surface area contributed by atoms with Crippen LogP contribution in [-0.2, 0) is 0 Å². The molecule has 0 radical (unpaired) electrons. The van der Waals surface area contributed by atoms with Crippen molar-refractivity contribution >= 4 is 5.91 Å². The molecule has 3 rings (SSSR count). The first-order chi connectivity index (χ1) is 12.7. The molecule has 1 atom stereocenters. The Morgan fingerprint density at radius 3 is 2.54 bits per heavy atom. The molecule has 3 aromatic rings. The summed E-state index contributed by atoms with van der Waals surface area (Å²) < 4.78 is 5.39. The van der Waals surface area contributed by atoms with Crippen LogP contribution in [0.5, 0.6) is 5.75 Å². The minimum absolute atomic E-state index is 0.182. The maximum absolute atomic E-state index is 12.7. The number of methoxy groups -OCH3 is 1. The van der Waals surface area contributed by atoms with Gasteiger partial charge in [-0.1, -0.05) is 36.4 Å². The van der Waals surface area contributed by atoms with E-state index in [0.717, 1.165) is 16.8 Å². The largest absolute Gasteiger partial charge is 0.496 e. The Morgan fingerprint density at radius 1 is 1.12 bits per heavy atom. The van der Waals surface area contributed by atoms with E-state index in [1.165, 1.54) is 0 Å². The second kappa shape index (κ2) is 8.27. The summed E-state index contributed by atoms with van der Waals surface area (Å²) >= 11 is 0. The Labute approximate surface area is 152 Å². The fraction of sp³-hybridized carbons (Fsp3) is 0.143. The van der Waals surface area contributed by atoms with Crippen molar-refractivity contribution in [2.75, 3.05) is 13.7 Å². The Balaban J connectivity index is 1.88. The molecule has 0 bridgehead atoms. The molecular weight excluding hydrogens is 328 g/mol. The zero-order chi connectivity index (χ0) is 18.4. The molecule has 0 unspecified atom stereocenters. The summed E-state index contributed by atoms with van der Waals surface area (Å²) in [5, 5.41) is 12.5. The van der Waals surface area contributed by atoms with Gasteiger partial charge in [0.05, 0.1) is 25.5 Å². The zero-order valence-corrected chi connectivity index (χ0v) is 14.4. The van der Waals surface area contributed by atoms with Crippen molar-refractivity contribution in [3.63, 3.8) is 0 Å². The first-order valence-corrected chi connectivity index (χ1v) is 8.29.